The average Bonchev–Trinajstić information content (AvgIpc) is 3.55. The average molecular weight is 483 g/mol. The number of pyridine rings is 1. The maximum atomic E-state index is 5.94. The van der Waals surface area contributed by atoms with Gasteiger partial charge in [0.2, 0.25) is 0 Å². The Morgan fingerprint density at radius 3 is 2.49 bits per heavy atom. The zero-order valence-electron chi connectivity index (χ0n) is 20.8. The molecule has 3 aromatic heterocycles. The van der Waals surface area contributed by atoms with Crippen molar-refractivity contribution in [2.24, 2.45) is 10.7 Å². The van der Waals surface area contributed by atoms with Crippen molar-refractivity contribution in [3.05, 3.63) is 97.2 Å². The van der Waals surface area contributed by atoms with Crippen LogP contribution in [-0.2, 0) is 0 Å². The molecule has 37 heavy (non-hydrogen) atoms. The summed E-state index contributed by atoms with van der Waals surface area (Å²) >= 11 is 0. The summed E-state index contributed by atoms with van der Waals surface area (Å²) in [4.78, 5) is 9.14. The molecule has 0 bridgehead atoms. The summed E-state index contributed by atoms with van der Waals surface area (Å²) < 4.78 is 8.19. The van der Waals surface area contributed by atoms with Crippen LogP contribution in [0.3, 0.4) is 0 Å². The number of terminal acetylenes is 1. The van der Waals surface area contributed by atoms with Crippen molar-refractivity contribution in [3.63, 3.8) is 0 Å². The van der Waals surface area contributed by atoms with Gasteiger partial charge in [-0.3, -0.25) is 4.99 Å². The van der Waals surface area contributed by atoms with E-state index in [0.29, 0.717) is 0 Å². The quantitative estimate of drug-likeness (QED) is 0.121. The highest BCUT2D eigenvalue weighted by atomic mass is 16.3. The molecule has 5 heteroatoms. The topological polar surface area (TPSA) is 69.3 Å². The number of fused-ring (bicyclic) bond motifs is 2. The number of furan rings is 1. The Bertz CT molecular complexity index is 1890. The molecule has 0 fully saturated rings. The number of hydrogen-bond donors (Lipinski definition) is 1. The molecule has 0 radical (unpaired) electrons. The molecule has 0 aliphatic carbocycles. The Kier molecular flexibility index (Phi) is 6.09. The molecule has 6 rings (SSSR count). The molecule has 180 valence electrons. The number of nitrogens with two attached hydrogens (primary N) is 1. The van der Waals surface area contributed by atoms with E-state index >= 15 is 0 Å². The van der Waals surface area contributed by atoms with Gasteiger partial charge in [-0.25, -0.2) is 4.98 Å². The number of hydrogen-bond acceptors (Lipinski definition) is 4. The first-order valence-electron chi connectivity index (χ1n) is 11.8. The zero-order valence-corrected chi connectivity index (χ0v) is 20.8. The maximum absolute atomic E-state index is 5.94. The second-order valence-electron chi connectivity index (χ2n) is 8.49. The molecule has 0 aliphatic rings. The van der Waals surface area contributed by atoms with E-state index in [4.69, 9.17) is 15.1 Å². The van der Waals surface area contributed by atoms with Crippen molar-refractivity contribution < 1.29 is 4.42 Å². The van der Waals surface area contributed by atoms with Crippen molar-refractivity contribution in [2.75, 3.05) is 7.05 Å². The van der Waals surface area contributed by atoms with Crippen LogP contribution in [-0.4, -0.2) is 22.8 Å². The molecule has 2 N–H and O–H groups in total. The van der Waals surface area contributed by atoms with Gasteiger partial charge in [0.25, 0.3) is 0 Å². The Labute approximate surface area is 215 Å². The summed E-state index contributed by atoms with van der Waals surface area (Å²) in [5, 5.41) is 5.79. The monoisotopic (exact) mass is 482 g/mol. The van der Waals surface area contributed by atoms with Crippen molar-refractivity contribution in [2.45, 2.75) is 6.92 Å². The Balaban J connectivity index is 0.00000137. The Hall–Kier alpha value is -5.08. The van der Waals surface area contributed by atoms with E-state index in [2.05, 4.69) is 77.5 Å². The summed E-state index contributed by atoms with van der Waals surface area (Å²) in [6.45, 7) is 5.92. The molecule has 3 aromatic carbocycles. The van der Waals surface area contributed by atoms with Crippen molar-refractivity contribution in [1.82, 2.24) is 9.55 Å². The predicted molar refractivity (Wildman–Crippen MR) is 157 cm³/mol. The van der Waals surface area contributed by atoms with Crippen LogP contribution in [0.25, 0.3) is 60.4 Å². The van der Waals surface area contributed by atoms with Gasteiger partial charge in [-0.2, -0.15) is 0 Å². The van der Waals surface area contributed by atoms with Gasteiger partial charge in [0.1, 0.15) is 5.58 Å². The van der Waals surface area contributed by atoms with Crippen LogP contribution in [0.1, 0.15) is 18.3 Å². The van der Waals surface area contributed by atoms with Gasteiger partial charge in [-0.15, -0.1) is 12.8 Å². The number of aliphatic imine (C=N–C) groups is 1. The fraction of sp³-hybridized carbons (Fsp3) is 0.0625. The molecule has 6 aromatic rings. The van der Waals surface area contributed by atoms with Crippen LogP contribution in [0.2, 0.25) is 0 Å². The van der Waals surface area contributed by atoms with Gasteiger partial charge < -0.3 is 14.7 Å². The first-order valence-corrected chi connectivity index (χ1v) is 11.8. The molecule has 0 aliphatic heterocycles. The highest BCUT2D eigenvalue weighted by Gasteiger charge is 2.20. The fourth-order valence-electron chi connectivity index (χ4n) is 5.08. The molecular weight excluding hydrogens is 456 g/mol. The first kappa shape index (κ1) is 23.7. The van der Waals surface area contributed by atoms with Gasteiger partial charge in [0.15, 0.2) is 0 Å². The van der Waals surface area contributed by atoms with E-state index in [9.17, 15) is 0 Å². The zero-order chi connectivity index (χ0) is 26.1. The molecule has 5 nitrogen and oxygen atoms in total. The summed E-state index contributed by atoms with van der Waals surface area (Å²) in [6, 6.07) is 19.1. The highest BCUT2D eigenvalue weighted by molar-refractivity contribution is 6.29. The fourth-order valence-corrected chi connectivity index (χ4v) is 5.08. The van der Waals surface area contributed by atoms with E-state index in [1.54, 1.807) is 25.6 Å². The van der Waals surface area contributed by atoms with Crippen LogP contribution in [0.15, 0.2) is 95.2 Å². The third kappa shape index (κ3) is 3.59. The van der Waals surface area contributed by atoms with Gasteiger partial charge >= 0.3 is 0 Å². The number of rotatable bonds is 5. The lowest BCUT2D eigenvalue weighted by atomic mass is 10.0. The Morgan fingerprint density at radius 1 is 1.00 bits per heavy atom. The van der Waals surface area contributed by atoms with Crippen LogP contribution in [0, 0.1) is 12.8 Å². The van der Waals surface area contributed by atoms with Gasteiger partial charge in [-0.05, 0) is 48.7 Å². The number of aromatic nitrogens is 2. The lowest BCUT2D eigenvalue weighted by molar-refractivity contribution is 0.619. The Morgan fingerprint density at radius 2 is 1.78 bits per heavy atom. The van der Waals surface area contributed by atoms with E-state index in [-0.39, 0.29) is 0 Å². The van der Waals surface area contributed by atoms with Crippen molar-refractivity contribution in [3.8, 4) is 18.5 Å². The van der Waals surface area contributed by atoms with E-state index < -0.39 is 0 Å². The summed E-state index contributed by atoms with van der Waals surface area (Å²) in [7, 11) is 1.76. The first-order chi connectivity index (χ1) is 18.2. The number of benzene rings is 3. The minimum absolute atomic E-state index is 0.752. The summed E-state index contributed by atoms with van der Waals surface area (Å²) in [5.41, 5.74) is 13.4. The molecule has 0 spiro atoms. The van der Waals surface area contributed by atoms with Crippen LogP contribution in [0.4, 0.5) is 0 Å². The molecule has 0 unspecified atom stereocenters. The lowest BCUT2D eigenvalue weighted by Gasteiger charge is -2.13. The third-order valence-electron chi connectivity index (χ3n) is 6.63. The van der Waals surface area contributed by atoms with Crippen molar-refractivity contribution >= 4 is 60.9 Å². The van der Waals surface area contributed by atoms with E-state index in [1.165, 1.54) is 16.2 Å². The largest absolute Gasteiger partial charge is 0.464 e. The van der Waals surface area contributed by atoms with Crippen LogP contribution < -0.4 is 5.73 Å². The van der Waals surface area contributed by atoms with E-state index in [0.717, 1.165) is 55.6 Å². The third-order valence-corrected chi connectivity index (χ3v) is 6.63. The maximum Gasteiger partial charge on any atom is 0.141 e. The normalized spacial score (nSPS) is 12.6. The molecular formula is C32H26N4O. The standard InChI is InChI=1S/C30H24N4O.C2H2/c1-4-18(16-31)24-14-22(15-25(33-24)19(5-2)17-32-3)34-26-8-6-7-20-9-10-23-29(28(20)26)27(34)13-21-11-12-35-30(21)23;1-2/h4-17H,1,31H2,2-3H3;1-2H/b18-16+,19-5+,32-17?;. The summed E-state index contributed by atoms with van der Waals surface area (Å²) in [5.74, 6) is 0. The lowest BCUT2D eigenvalue weighted by Crippen LogP contribution is -2.02. The number of allylic oxidation sites excluding steroid dienone is 4. The van der Waals surface area contributed by atoms with Crippen molar-refractivity contribution in [1.29, 1.82) is 0 Å². The molecule has 0 saturated heterocycles. The van der Waals surface area contributed by atoms with Gasteiger partial charge in [0.05, 0.1) is 34.4 Å². The predicted octanol–water partition coefficient (Wildman–Crippen LogP) is 7.35. The van der Waals surface area contributed by atoms with Gasteiger partial charge in [-0.1, -0.05) is 36.9 Å². The minimum atomic E-state index is 0.752. The van der Waals surface area contributed by atoms with E-state index in [1.807, 2.05) is 25.3 Å². The molecule has 0 amide bonds. The molecule has 0 saturated carbocycles. The molecule has 0 atom stereocenters. The highest BCUT2D eigenvalue weighted by Crippen LogP contribution is 2.42. The second kappa shape index (κ2) is 9.52. The number of nitrogens with zero attached hydrogens (tertiary/aromatic N) is 3. The molecule has 3 heterocycles. The van der Waals surface area contributed by atoms with Gasteiger partial charge in [0, 0.05) is 52.2 Å². The smallest absolute Gasteiger partial charge is 0.141 e. The minimum Gasteiger partial charge on any atom is -0.464 e. The second-order valence-corrected chi connectivity index (χ2v) is 8.49. The van der Waals surface area contributed by atoms with Crippen LogP contribution >= 0.6 is 0 Å². The SMILES string of the molecule is C#C.C=C/C(=C\N)c1cc(-n2c3cccc4ccc5c6occc6cc2c5c43)cc(/C(C=NC)=C/C)n1. The summed E-state index contributed by atoms with van der Waals surface area (Å²) in [6.07, 6.45) is 16.9. The van der Waals surface area contributed by atoms with Crippen LogP contribution in [0.5, 0.6) is 0 Å².